The van der Waals surface area contributed by atoms with Gasteiger partial charge in [0.05, 0.1) is 8.66 Å². The molecule has 102 valence electrons. The predicted molar refractivity (Wildman–Crippen MR) is 84.5 cm³/mol. The highest BCUT2D eigenvalue weighted by Gasteiger charge is 2.21. The Hall–Kier alpha value is -0.440. The van der Waals surface area contributed by atoms with E-state index < -0.39 is 0 Å². The number of nitrogens with one attached hydrogen (secondary N) is 1. The first-order chi connectivity index (χ1) is 9.13. The van der Waals surface area contributed by atoms with Crippen LogP contribution < -0.4 is 10.6 Å². The van der Waals surface area contributed by atoms with Crippen LogP contribution >= 0.6 is 43.2 Å². The van der Waals surface area contributed by atoms with Crippen molar-refractivity contribution in [3.63, 3.8) is 0 Å². The number of hydrogen-bond donors (Lipinski definition) is 2. The monoisotopic (exact) mass is 405 g/mol. The van der Waals surface area contributed by atoms with Gasteiger partial charge in [-0.2, -0.15) is 4.98 Å². The number of aromatic amines is 1. The first kappa shape index (κ1) is 13.5. The SMILES string of the molecule is NC1CCCN(c2n[nH]c(-c3cc(Br)c(Br)s3)n2)C1. The van der Waals surface area contributed by atoms with Crippen molar-refractivity contribution in [1.82, 2.24) is 15.2 Å². The fourth-order valence-corrected chi connectivity index (χ4v) is 4.13. The minimum absolute atomic E-state index is 0.223. The zero-order valence-corrected chi connectivity index (χ0v) is 14.1. The van der Waals surface area contributed by atoms with Crippen molar-refractivity contribution in [2.45, 2.75) is 18.9 Å². The molecule has 19 heavy (non-hydrogen) atoms. The maximum Gasteiger partial charge on any atom is 0.245 e. The molecule has 1 unspecified atom stereocenters. The van der Waals surface area contributed by atoms with Crippen molar-refractivity contribution in [3.05, 3.63) is 14.3 Å². The number of rotatable bonds is 2. The van der Waals surface area contributed by atoms with Gasteiger partial charge >= 0.3 is 0 Å². The highest BCUT2D eigenvalue weighted by Crippen LogP contribution is 2.37. The minimum atomic E-state index is 0.223. The summed E-state index contributed by atoms with van der Waals surface area (Å²) in [6.45, 7) is 1.80. The number of thiophene rings is 1. The zero-order valence-electron chi connectivity index (χ0n) is 10.1. The predicted octanol–water partition coefficient (Wildman–Crippen LogP) is 2.99. The molecule has 1 fully saturated rings. The molecule has 0 radical (unpaired) electrons. The third-order valence-corrected chi connectivity index (χ3v) is 6.36. The van der Waals surface area contributed by atoms with E-state index >= 15 is 0 Å². The lowest BCUT2D eigenvalue weighted by atomic mass is 10.1. The second-order valence-electron chi connectivity index (χ2n) is 4.56. The normalized spacial score (nSPS) is 19.9. The van der Waals surface area contributed by atoms with Gasteiger partial charge in [-0.15, -0.1) is 16.4 Å². The molecular formula is C11H13Br2N5S. The molecule has 0 amide bonds. The van der Waals surface area contributed by atoms with Crippen molar-refractivity contribution in [2.24, 2.45) is 5.73 Å². The number of H-pyrrole nitrogens is 1. The van der Waals surface area contributed by atoms with E-state index in [9.17, 15) is 0 Å². The smallest absolute Gasteiger partial charge is 0.245 e. The van der Waals surface area contributed by atoms with Crippen LogP contribution in [-0.2, 0) is 0 Å². The van der Waals surface area contributed by atoms with Crippen LogP contribution in [0.25, 0.3) is 10.7 Å². The summed E-state index contributed by atoms with van der Waals surface area (Å²) >= 11 is 8.59. The molecule has 1 aliphatic rings. The average molecular weight is 407 g/mol. The van der Waals surface area contributed by atoms with Gasteiger partial charge in [-0.25, -0.2) is 0 Å². The summed E-state index contributed by atoms with van der Waals surface area (Å²) in [6.07, 6.45) is 2.18. The molecule has 1 atom stereocenters. The summed E-state index contributed by atoms with van der Waals surface area (Å²) in [7, 11) is 0. The van der Waals surface area contributed by atoms with Crippen molar-refractivity contribution < 1.29 is 0 Å². The van der Waals surface area contributed by atoms with Gasteiger partial charge in [0.25, 0.3) is 0 Å². The first-order valence-electron chi connectivity index (χ1n) is 6.01. The number of halogens is 2. The second-order valence-corrected chi connectivity index (χ2v) is 7.79. The van der Waals surface area contributed by atoms with E-state index in [2.05, 4.69) is 51.9 Å². The molecule has 0 bridgehead atoms. The van der Waals surface area contributed by atoms with Crippen LogP contribution in [-0.4, -0.2) is 34.3 Å². The molecule has 3 heterocycles. The van der Waals surface area contributed by atoms with Crippen LogP contribution in [0, 0.1) is 0 Å². The van der Waals surface area contributed by atoms with Crippen LogP contribution in [0.4, 0.5) is 5.95 Å². The van der Waals surface area contributed by atoms with Crippen molar-refractivity contribution in [3.8, 4) is 10.7 Å². The molecule has 2 aromatic rings. The second kappa shape index (κ2) is 5.51. The molecule has 1 saturated heterocycles. The fraction of sp³-hybridized carbons (Fsp3) is 0.455. The Bertz CT molecular complexity index is 562. The van der Waals surface area contributed by atoms with Gasteiger partial charge in [-0.3, -0.25) is 5.10 Å². The van der Waals surface area contributed by atoms with Crippen LogP contribution in [0.3, 0.4) is 0 Å². The van der Waals surface area contributed by atoms with E-state index in [1.807, 2.05) is 6.07 Å². The molecule has 0 saturated carbocycles. The van der Waals surface area contributed by atoms with Gasteiger partial charge in [0.15, 0.2) is 5.82 Å². The lowest BCUT2D eigenvalue weighted by molar-refractivity contribution is 0.500. The molecule has 8 heteroatoms. The van der Waals surface area contributed by atoms with Crippen LogP contribution in [0.2, 0.25) is 0 Å². The highest BCUT2D eigenvalue weighted by atomic mass is 79.9. The molecule has 0 spiro atoms. The molecular weight excluding hydrogens is 394 g/mol. The molecule has 3 rings (SSSR count). The summed E-state index contributed by atoms with van der Waals surface area (Å²) in [6, 6.07) is 2.25. The largest absolute Gasteiger partial charge is 0.338 e. The molecule has 3 N–H and O–H groups in total. The summed E-state index contributed by atoms with van der Waals surface area (Å²) in [4.78, 5) is 7.76. The maximum atomic E-state index is 5.99. The van der Waals surface area contributed by atoms with E-state index in [4.69, 9.17) is 5.73 Å². The Kier molecular flexibility index (Phi) is 3.93. The highest BCUT2D eigenvalue weighted by molar-refractivity contribution is 9.13. The third-order valence-electron chi connectivity index (χ3n) is 3.09. The van der Waals surface area contributed by atoms with Gasteiger partial charge in [0.2, 0.25) is 5.95 Å². The van der Waals surface area contributed by atoms with Crippen molar-refractivity contribution in [1.29, 1.82) is 0 Å². The summed E-state index contributed by atoms with van der Waals surface area (Å²) in [5, 5.41) is 7.30. The van der Waals surface area contributed by atoms with Crippen LogP contribution in [0.5, 0.6) is 0 Å². The Balaban J connectivity index is 1.82. The zero-order chi connectivity index (χ0) is 13.4. The lowest BCUT2D eigenvalue weighted by Gasteiger charge is -2.29. The van der Waals surface area contributed by atoms with E-state index in [-0.39, 0.29) is 6.04 Å². The molecule has 5 nitrogen and oxygen atoms in total. The van der Waals surface area contributed by atoms with E-state index in [0.29, 0.717) is 0 Å². The van der Waals surface area contributed by atoms with E-state index in [1.165, 1.54) is 0 Å². The summed E-state index contributed by atoms with van der Waals surface area (Å²) in [5.74, 6) is 1.54. The third kappa shape index (κ3) is 2.86. The quantitative estimate of drug-likeness (QED) is 0.804. The first-order valence-corrected chi connectivity index (χ1v) is 8.42. The van der Waals surface area contributed by atoms with Gasteiger partial charge in [-0.05, 0) is 50.8 Å². The Labute approximate surface area is 131 Å². The van der Waals surface area contributed by atoms with Gasteiger partial charge in [-0.1, -0.05) is 0 Å². The van der Waals surface area contributed by atoms with Gasteiger partial charge < -0.3 is 10.6 Å². The Morgan fingerprint density at radius 3 is 3.00 bits per heavy atom. The lowest BCUT2D eigenvalue weighted by Crippen LogP contribution is -2.43. The van der Waals surface area contributed by atoms with Gasteiger partial charge in [0.1, 0.15) is 0 Å². The summed E-state index contributed by atoms with van der Waals surface area (Å²) in [5.41, 5.74) is 5.99. The molecule has 2 aromatic heterocycles. The number of aromatic nitrogens is 3. The van der Waals surface area contributed by atoms with Gasteiger partial charge in [0, 0.05) is 23.6 Å². The topological polar surface area (TPSA) is 70.8 Å². The number of nitrogens with two attached hydrogens (primary N) is 1. The van der Waals surface area contributed by atoms with Crippen molar-refractivity contribution in [2.75, 3.05) is 18.0 Å². The number of nitrogens with zero attached hydrogens (tertiary/aromatic N) is 3. The standard InChI is InChI=1S/C11H13Br2N5S/c12-7-4-8(19-9(7)13)10-15-11(17-16-10)18-3-1-2-6(14)5-18/h4,6H,1-3,5,14H2,(H,15,16,17). The molecule has 1 aliphatic heterocycles. The number of anilines is 1. The average Bonchev–Trinajstić information content (AvgIpc) is 2.97. The molecule has 0 aromatic carbocycles. The van der Waals surface area contributed by atoms with E-state index in [0.717, 1.165) is 50.8 Å². The maximum absolute atomic E-state index is 5.99. The van der Waals surface area contributed by atoms with Crippen LogP contribution in [0.1, 0.15) is 12.8 Å². The number of hydrogen-bond acceptors (Lipinski definition) is 5. The Morgan fingerprint density at radius 2 is 2.32 bits per heavy atom. The minimum Gasteiger partial charge on any atom is -0.338 e. The molecule has 0 aliphatic carbocycles. The van der Waals surface area contributed by atoms with Crippen molar-refractivity contribution >= 4 is 49.1 Å². The fourth-order valence-electron chi connectivity index (χ4n) is 2.16. The summed E-state index contributed by atoms with van der Waals surface area (Å²) < 4.78 is 2.09. The van der Waals surface area contributed by atoms with E-state index in [1.54, 1.807) is 11.3 Å². The Morgan fingerprint density at radius 1 is 1.47 bits per heavy atom. The van der Waals surface area contributed by atoms with Crippen LogP contribution in [0.15, 0.2) is 14.3 Å². The number of piperidine rings is 1.